The summed E-state index contributed by atoms with van der Waals surface area (Å²) in [5, 5.41) is 4.11. The molecule has 0 aliphatic heterocycles. The number of aromatic nitrogens is 2. The highest BCUT2D eigenvalue weighted by atomic mass is 16.5. The van der Waals surface area contributed by atoms with E-state index in [1.165, 1.54) is 0 Å². The van der Waals surface area contributed by atoms with Gasteiger partial charge in [-0.25, -0.2) is 0 Å². The molecule has 0 bridgehead atoms. The molecule has 0 N–H and O–H groups in total. The molecule has 3 aromatic rings. The van der Waals surface area contributed by atoms with Gasteiger partial charge in [0.2, 0.25) is 17.6 Å². The summed E-state index contributed by atoms with van der Waals surface area (Å²) >= 11 is 0. The van der Waals surface area contributed by atoms with Crippen molar-refractivity contribution in [2.75, 3.05) is 41.5 Å². The lowest BCUT2D eigenvalue weighted by Crippen LogP contribution is -2.35. The molecule has 9 heteroatoms. The van der Waals surface area contributed by atoms with Crippen LogP contribution >= 0.6 is 0 Å². The first-order valence-electron chi connectivity index (χ1n) is 11.9. The van der Waals surface area contributed by atoms with Crippen LogP contribution in [-0.2, 0) is 17.6 Å². The molecule has 1 aromatic heterocycles. The van der Waals surface area contributed by atoms with Crippen LogP contribution in [-0.4, -0.2) is 62.5 Å². The van der Waals surface area contributed by atoms with Gasteiger partial charge in [0.1, 0.15) is 0 Å². The summed E-state index contributed by atoms with van der Waals surface area (Å²) in [4.78, 5) is 19.3. The minimum Gasteiger partial charge on any atom is -0.493 e. The Hall–Kier alpha value is -3.75. The monoisotopic (exact) mass is 497 g/mol. The summed E-state index contributed by atoms with van der Waals surface area (Å²) in [5.41, 5.74) is 1.81. The Morgan fingerprint density at radius 2 is 1.47 bits per heavy atom. The van der Waals surface area contributed by atoms with Gasteiger partial charge >= 0.3 is 0 Å². The summed E-state index contributed by atoms with van der Waals surface area (Å²) in [6.45, 7) is 5.12. The maximum atomic E-state index is 13.0. The number of benzene rings is 2. The molecule has 0 spiro atoms. The SMILES string of the molecule is COc1ccc(CCN(CCc2nc(-c3ccc(OC)c(OC)c3)no2)C(=O)CC(C)C)cc1OC. The van der Waals surface area contributed by atoms with Gasteiger partial charge in [0.05, 0.1) is 28.4 Å². The molecule has 0 fully saturated rings. The normalized spacial score (nSPS) is 10.9. The highest BCUT2D eigenvalue weighted by Crippen LogP contribution is 2.31. The summed E-state index contributed by atoms with van der Waals surface area (Å²) in [6, 6.07) is 11.2. The van der Waals surface area contributed by atoms with Crippen LogP contribution in [0, 0.1) is 5.92 Å². The smallest absolute Gasteiger partial charge is 0.228 e. The lowest BCUT2D eigenvalue weighted by atomic mass is 10.1. The molecule has 0 saturated heterocycles. The maximum absolute atomic E-state index is 13.0. The second kappa shape index (κ2) is 12.8. The third kappa shape index (κ3) is 6.90. The highest BCUT2D eigenvalue weighted by Gasteiger charge is 2.18. The first-order chi connectivity index (χ1) is 17.4. The van der Waals surface area contributed by atoms with Crippen LogP contribution < -0.4 is 18.9 Å². The quantitative estimate of drug-likeness (QED) is 0.342. The minimum atomic E-state index is 0.102. The first kappa shape index (κ1) is 26.8. The predicted octanol–water partition coefficient (Wildman–Crippen LogP) is 4.43. The highest BCUT2D eigenvalue weighted by molar-refractivity contribution is 5.76. The van der Waals surface area contributed by atoms with Crippen molar-refractivity contribution < 1.29 is 28.3 Å². The number of ether oxygens (including phenoxy) is 4. The van der Waals surface area contributed by atoms with Crippen LogP contribution in [0.2, 0.25) is 0 Å². The zero-order chi connectivity index (χ0) is 26.1. The van der Waals surface area contributed by atoms with E-state index in [4.69, 9.17) is 23.5 Å². The van der Waals surface area contributed by atoms with Crippen molar-refractivity contribution in [2.24, 2.45) is 5.92 Å². The van der Waals surface area contributed by atoms with E-state index in [0.717, 1.165) is 11.1 Å². The number of carbonyl (C=O) groups excluding carboxylic acids is 1. The molecule has 0 radical (unpaired) electrons. The molecule has 194 valence electrons. The van der Waals surface area contributed by atoms with Gasteiger partial charge in [0.15, 0.2) is 23.0 Å². The van der Waals surface area contributed by atoms with Gasteiger partial charge in [0.25, 0.3) is 0 Å². The van der Waals surface area contributed by atoms with E-state index in [0.29, 0.717) is 67.1 Å². The summed E-state index contributed by atoms with van der Waals surface area (Å²) in [5.74, 6) is 3.84. The van der Waals surface area contributed by atoms with Crippen molar-refractivity contribution in [3.05, 3.63) is 47.9 Å². The van der Waals surface area contributed by atoms with Gasteiger partial charge in [-0.2, -0.15) is 4.98 Å². The van der Waals surface area contributed by atoms with Crippen molar-refractivity contribution in [3.8, 4) is 34.4 Å². The van der Waals surface area contributed by atoms with Crippen LogP contribution in [0.3, 0.4) is 0 Å². The van der Waals surface area contributed by atoms with Crippen molar-refractivity contribution in [2.45, 2.75) is 33.1 Å². The number of amides is 1. The molecular weight excluding hydrogens is 462 g/mol. The molecule has 0 saturated carbocycles. The fourth-order valence-corrected chi connectivity index (χ4v) is 3.82. The number of methoxy groups -OCH3 is 4. The number of carbonyl (C=O) groups is 1. The van der Waals surface area contributed by atoms with Gasteiger partial charge in [-0.15, -0.1) is 0 Å². The largest absolute Gasteiger partial charge is 0.493 e. The molecule has 9 nitrogen and oxygen atoms in total. The molecule has 0 unspecified atom stereocenters. The van der Waals surface area contributed by atoms with Crippen molar-refractivity contribution >= 4 is 5.91 Å². The fourth-order valence-electron chi connectivity index (χ4n) is 3.82. The van der Waals surface area contributed by atoms with Gasteiger partial charge < -0.3 is 28.4 Å². The third-order valence-electron chi connectivity index (χ3n) is 5.76. The summed E-state index contributed by atoms with van der Waals surface area (Å²) in [6.07, 6.45) is 1.62. The zero-order valence-electron chi connectivity index (χ0n) is 21.9. The first-order valence-corrected chi connectivity index (χ1v) is 11.9. The van der Waals surface area contributed by atoms with E-state index in [1.807, 2.05) is 43.0 Å². The van der Waals surface area contributed by atoms with Crippen LogP contribution in [0.15, 0.2) is 40.9 Å². The molecule has 0 aliphatic rings. The van der Waals surface area contributed by atoms with Crippen molar-refractivity contribution in [3.63, 3.8) is 0 Å². The van der Waals surface area contributed by atoms with Crippen molar-refractivity contribution in [1.29, 1.82) is 0 Å². The van der Waals surface area contributed by atoms with E-state index in [9.17, 15) is 4.79 Å². The number of rotatable bonds is 13. The Morgan fingerprint density at radius 3 is 2.11 bits per heavy atom. The van der Waals surface area contributed by atoms with E-state index >= 15 is 0 Å². The molecule has 1 heterocycles. The zero-order valence-corrected chi connectivity index (χ0v) is 21.9. The molecule has 1 amide bonds. The van der Waals surface area contributed by atoms with Gasteiger partial charge in [-0.05, 0) is 48.2 Å². The molecular formula is C27H35N3O6. The summed E-state index contributed by atoms with van der Waals surface area (Å²) < 4.78 is 26.9. The topological polar surface area (TPSA) is 96.2 Å². The molecule has 36 heavy (non-hydrogen) atoms. The van der Waals surface area contributed by atoms with Crippen LogP contribution in [0.25, 0.3) is 11.4 Å². The molecule has 2 aromatic carbocycles. The number of hydrogen-bond donors (Lipinski definition) is 0. The van der Waals surface area contributed by atoms with E-state index in [1.54, 1.807) is 40.6 Å². The van der Waals surface area contributed by atoms with E-state index in [-0.39, 0.29) is 11.8 Å². The standard InChI is InChI=1S/C27H35N3O6/c1-18(2)15-26(31)30(13-11-19-7-9-21(32-3)23(16-19)34-5)14-12-25-28-27(29-36-25)20-8-10-22(33-4)24(17-20)35-6/h7-10,16-18H,11-15H2,1-6H3. The minimum absolute atomic E-state index is 0.102. The van der Waals surface area contributed by atoms with E-state index in [2.05, 4.69) is 10.1 Å². The number of nitrogens with zero attached hydrogens (tertiary/aromatic N) is 3. The van der Waals surface area contributed by atoms with Crippen molar-refractivity contribution in [1.82, 2.24) is 15.0 Å². The number of hydrogen-bond acceptors (Lipinski definition) is 8. The van der Waals surface area contributed by atoms with Gasteiger partial charge in [-0.3, -0.25) is 4.79 Å². The maximum Gasteiger partial charge on any atom is 0.228 e. The predicted molar refractivity (Wildman–Crippen MR) is 136 cm³/mol. The van der Waals surface area contributed by atoms with Crippen LogP contribution in [0.1, 0.15) is 31.7 Å². The van der Waals surface area contributed by atoms with Gasteiger partial charge in [-0.1, -0.05) is 25.1 Å². The average molecular weight is 498 g/mol. The molecule has 0 aliphatic carbocycles. The Morgan fingerprint density at radius 1 is 0.861 bits per heavy atom. The lowest BCUT2D eigenvalue weighted by molar-refractivity contribution is -0.132. The molecule has 3 rings (SSSR count). The second-order valence-electron chi connectivity index (χ2n) is 8.75. The average Bonchev–Trinajstić information content (AvgIpc) is 3.36. The van der Waals surface area contributed by atoms with Crippen LogP contribution in [0.4, 0.5) is 0 Å². The van der Waals surface area contributed by atoms with Crippen LogP contribution in [0.5, 0.6) is 23.0 Å². The summed E-state index contributed by atoms with van der Waals surface area (Å²) in [7, 11) is 6.38. The lowest BCUT2D eigenvalue weighted by Gasteiger charge is -2.23. The fraction of sp³-hybridized carbons (Fsp3) is 0.444. The van der Waals surface area contributed by atoms with E-state index < -0.39 is 0 Å². The Kier molecular flexibility index (Phi) is 9.55. The Bertz CT molecular complexity index is 1140. The second-order valence-corrected chi connectivity index (χ2v) is 8.75. The Balaban J connectivity index is 1.69. The molecule has 0 atom stereocenters. The van der Waals surface area contributed by atoms with Gasteiger partial charge in [0, 0.05) is 31.5 Å². The Labute approximate surface area is 212 Å². The third-order valence-corrected chi connectivity index (χ3v) is 5.76.